The van der Waals surface area contributed by atoms with E-state index in [1.165, 1.54) is 31.3 Å². The predicted octanol–water partition coefficient (Wildman–Crippen LogP) is 4.82. The molecule has 8 heteroatoms. The van der Waals surface area contributed by atoms with Crippen molar-refractivity contribution >= 4 is 38.9 Å². The summed E-state index contributed by atoms with van der Waals surface area (Å²) in [5.74, 6) is 0.260. The van der Waals surface area contributed by atoms with Gasteiger partial charge in [-0.3, -0.25) is 9.10 Å². The Morgan fingerprint density at radius 2 is 1.63 bits per heavy atom. The molecule has 0 aliphatic heterocycles. The van der Waals surface area contributed by atoms with Gasteiger partial charge < -0.3 is 10.1 Å². The highest BCUT2D eigenvalue weighted by Crippen LogP contribution is 2.26. The monoisotopic (exact) mass is 444 g/mol. The molecule has 1 N–H and O–H groups in total. The SMILES string of the molecule is CCOc1ccccc1NC(=O)c1ccc(N(C)S(=O)(=O)c2ccc(Cl)cc2)cc1. The minimum Gasteiger partial charge on any atom is -0.492 e. The predicted molar refractivity (Wildman–Crippen MR) is 119 cm³/mol. The van der Waals surface area contributed by atoms with Crippen LogP contribution in [0.15, 0.2) is 77.7 Å². The number of halogens is 1. The van der Waals surface area contributed by atoms with E-state index >= 15 is 0 Å². The Morgan fingerprint density at radius 3 is 2.27 bits per heavy atom. The Bertz CT molecular complexity index is 1130. The second kappa shape index (κ2) is 9.19. The average Bonchev–Trinajstić information content (AvgIpc) is 2.75. The van der Waals surface area contributed by atoms with Crippen molar-refractivity contribution in [2.75, 3.05) is 23.3 Å². The molecule has 3 rings (SSSR count). The van der Waals surface area contributed by atoms with Crippen molar-refractivity contribution in [3.05, 3.63) is 83.4 Å². The number of amides is 1. The lowest BCUT2D eigenvalue weighted by Crippen LogP contribution is -2.26. The fraction of sp³-hybridized carbons (Fsp3) is 0.136. The minimum atomic E-state index is -3.74. The summed E-state index contributed by atoms with van der Waals surface area (Å²) in [6, 6.07) is 19.4. The number of para-hydroxylation sites is 2. The topological polar surface area (TPSA) is 75.7 Å². The molecule has 0 atom stereocenters. The van der Waals surface area contributed by atoms with Crippen molar-refractivity contribution in [3.8, 4) is 5.75 Å². The third-order valence-corrected chi connectivity index (χ3v) is 6.45. The number of benzene rings is 3. The van der Waals surface area contributed by atoms with Crippen LogP contribution in [0.25, 0.3) is 0 Å². The second-order valence-corrected chi connectivity index (χ2v) is 8.76. The highest BCUT2D eigenvalue weighted by atomic mass is 35.5. The molecule has 0 saturated heterocycles. The maximum atomic E-state index is 12.8. The number of ether oxygens (including phenoxy) is 1. The number of carbonyl (C=O) groups excluding carboxylic acids is 1. The van der Waals surface area contributed by atoms with Gasteiger partial charge in [0.05, 0.1) is 22.9 Å². The van der Waals surface area contributed by atoms with E-state index in [0.717, 1.165) is 4.31 Å². The lowest BCUT2D eigenvalue weighted by Gasteiger charge is -2.20. The Kier molecular flexibility index (Phi) is 6.64. The molecule has 30 heavy (non-hydrogen) atoms. The molecule has 0 fully saturated rings. The van der Waals surface area contributed by atoms with Crippen molar-refractivity contribution in [1.82, 2.24) is 0 Å². The van der Waals surface area contributed by atoms with Gasteiger partial charge in [0, 0.05) is 17.6 Å². The quantitative estimate of drug-likeness (QED) is 0.567. The van der Waals surface area contributed by atoms with Gasteiger partial charge in [0.15, 0.2) is 0 Å². The van der Waals surface area contributed by atoms with Crippen molar-refractivity contribution in [3.63, 3.8) is 0 Å². The summed E-state index contributed by atoms with van der Waals surface area (Å²) in [6.45, 7) is 2.35. The first-order chi connectivity index (χ1) is 14.3. The van der Waals surface area contributed by atoms with Gasteiger partial charge in [-0.15, -0.1) is 0 Å². The molecule has 3 aromatic carbocycles. The number of anilines is 2. The fourth-order valence-electron chi connectivity index (χ4n) is 2.77. The Labute approximate surface area is 181 Å². The van der Waals surface area contributed by atoms with Crippen LogP contribution < -0.4 is 14.4 Å². The second-order valence-electron chi connectivity index (χ2n) is 6.36. The smallest absolute Gasteiger partial charge is 0.264 e. The zero-order valence-electron chi connectivity index (χ0n) is 16.5. The van der Waals surface area contributed by atoms with Crippen LogP contribution in [0.1, 0.15) is 17.3 Å². The summed E-state index contributed by atoms with van der Waals surface area (Å²) in [6.07, 6.45) is 0. The van der Waals surface area contributed by atoms with E-state index in [1.807, 2.05) is 13.0 Å². The number of hydrogen-bond donors (Lipinski definition) is 1. The molecular formula is C22H21ClN2O4S. The van der Waals surface area contributed by atoms with Crippen LogP contribution in [0.3, 0.4) is 0 Å². The van der Waals surface area contributed by atoms with Gasteiger partial charge >= 0.3 is 0 Å². The molecule has 0 spiro atoms. The van der Waals surface area contributed by atoms with Crippen molar-refractivity contribution < 1.29 is 17.9 Å². The summed E-state index contributed by atoms with van der Waals surface area (Å²) in [7, 11) is -2.29. The largest absolute Gasteiger partial charge is 0.492 e. The van der Waals surface area contributed by atoms with E-state index in [9.17, 15) is 13.2 Å². The number of nitrogens with one attached hydrogen (secondary N) is 1. The van der Waals surface area contributed by atoms with E-state index in [4.69, 9.17) is 16.3 Å². The highest BCUT2D eigenvalue weighted by Gasteiger charge is 2.21. The van der Waals surface area contributed by atoms with Gasteiger partial charge in [-0.2, -0.15) is 0 Å². The number of hydrogen-bond acceptors (Lipinski definition) is 4. The number of rotatable bonds is 7. The summed E-state index contributed by atoms with van der Waals surface area (Å²) < 4.78 is 32.3. The molecule has 1 amide bonds. The zero-order chi connectivity index (χ0) is 21.7. The Balaban J connectivity index is 1.77. The first kappa shape index (κ1) is 21.7. The van der Waals surface area contributed by atoms with Gasteiger partial charge in [0.25, 0.3) is 15.9 Å². The van der Waals surface area contributed by atoms with Crippen LogP contribution >= 0.6 is 11.6 Å². The Hall–Kier alpha value is -3.03. The molecule has 0 aliphatic rings. The molecule has 0 saturated carbocycles. The van der Waals surface area contributed by atoms with Gasteiger partial charge in [-0.1, -0.05) is 23.7 Å². The molecule has 0 aromatic heterocycles. The van der Waals surface area contributed by atoms with Gasteiger partial charge in [-0.25, -0.2) is 8.42 Å². The molecule has 0 heterocycles. The van der Waals surface area contributed by atoms with Crippen molar-refractivity contribution in [2.45, 2.75) is 11.8 Å². The summed E-state index contributed by atoms with van der Waals surface area (Å²) in [5, 5.41) is 3.27. The Morgan fingerprint density at radius 1 is 1.00 bits per heavy atom. The van der Waals surface area contributed by atoms with Crippen LogP contribution in [-0.2, 0) is 10.0 Å². The molecule has 0 radical (unpaired) electrons. The van der Waals surface area contributed by atoms with Crippen LogP contribution in [-0.4, -0.2) is 28.0 Å². The highest BCUT2D eigenvalue weighted by molar-refractivity contribution is 7.92. The first-order valence-electron chi connectivity index (χ1n) is 9.20. The van der Waals surface area contributed by atoms with Crippen LogP contribution in [0, 0.1) is 0 Å². The lowest BCUT2D eigenvalue weighted by molar-refractivity contribution is 0.102. The number of nitrogens with zero attached hydrogens (tertiary/aromatic N) is 1. The maximum absolute atomic E-state index is 12.8. The van der Waals surface area contributed by atoms with E-state index in [-0.39, 0.29) is 10.8 Å². The van der Waals surface area contributed by atoms with E-state index < -0.39 is 10.0 Å². The van der Waals surface area contributed by atoms with E-state index in [1.54, 1.807) is 42.5 Å². The first-order valence-corrected chi connectivity index (χ1v) is 11.0. The molecule has 0 unspecified atom stereocenters. The minimum absolute atomic E-state index is 0.128. The molecule has 0 aliphatic carbocycles. The summed E-state index contributed by atoms with van der Waals surface area (Å²) >= 11 is 5.84. The molecular weight excluding hydrogens is 424 g/mol. The standard InChI is InChI=1S/C22H21ClN2O4S/c1-3-29-21-7-5-4-6-20(21)24-22(26)16-8-12-18(13-9-16)25(2)30(27,28)19-14-10-17(23)11-15-19/h4-15H,3H2,1-2H3,(H,24,26). The van der Waals surface area contributed by atoms with Gasteiger partial charge in [0.2, 0.25) is 0 Å². The number of carbonyl (C=O) groups is 1. The lowest BCUT2D eigenvalue weighted by atomic mass is 10.2. The maximum Gasteiger partial charge on any atom is 0.264 e. The van der Waals surface area contributed by atoms with Crippen LogP contribution in [0.5, 0.6) is 5.75 Å². The molecule has 0 bridgehead atoms. The zero-order valence-corrected chi connectivity index (χ0v) is 18.1. The van der Waals surface area contributed by atoms with Crippen LogP contribution in [0.2, 0.25) is 5.02 Å². The van der Waals surface area contributed by atoms with Crippen molar-refractivity contribution in [1.29, 1.82) is 0 Å². The molecule has 156 valence electrons. The summed E-state index contributed by atoms with van der Waals surface area (Å²) in [5.41, 5.74) is 1.38. The normalized spacial score (nSPS) is 11.0. The van der Waals surface area contributed by atoms with Crippen molar-refractivity contribution in [2.24, 2.45) is 0 Å². The third kappa shape index (κ3) is 4.75. The van der Waals surface area contributed by atoms with Crippen LogP contribution in [0.4, 0.5) is 11.4 Å². The van der Waals surface area contributed by atoms with E-state index in [2.05, 4.69) is 5.32 Å². The number of sulfonamides is 1. The molecule has 6 nitrogen and oxygen atoms in total. The summed E-state index contributed by atoms with van der Waals surface area (Å²) in [4.78, 5) is 12.7. The van der Waals surface area contributed by atoms with E-state index in [0.29, 0.717) is 34.3 Å². The molecule has 3 aromatic rings. The third-order valence-electron chi connectivity index (χ3n) is 4.40. The van der Waals surface area contributed by atoms with Gasteiger partial charge in [0.1, 0.15) is 5.75 Å². The average molecular weight is 445 g/mol. The fourth-order valence-corrected chi connectivity index (χ4v) is 4.09. The van der Waals surface area contributed by atoms with Gasteiger partial charge in [-0.05, 0) is 67.6 Å².